The highest BCUT2D eigenvalue weighted by Crippen LogP contribution is 2.43. The van der Waals surface area contributed by atoms with Crippen molar-refractivity contribution in [3.63, 3.8) is 0 Å². The first-order chi connectivity index (χ1) is 11.2. The minimum Gasteiger partial charge on any atom is -0.383 e. The highest BCUT2D eigenvalue weighted by molar-refractivity contribution is 5.98. The lowest BCUT2D eigenvalue weighted by molar-refractivity contribution is -0.141. The number of nitrogen functional groups attached to an aromatic ring is 1. The van der Waals surface area contributed by atoms with Crippen molar-refractivity contribution < 1.29 is 18.0 Å². The summed E-state index contributed by atoms with van der Waals surface area (Å²) in [6.07, 6.45) is -1.54. The van der Waals surface area contributed by atoms with Crippen LogP contribution in [-0.4, -0.2) is 20.7 Å². The molecule has 128 valence electrons. The number of pyridine rings is 1. The van der Waals surface area contributed by atoms with Crippen LogP contribution in [0.1, 0.15) is 59.0 Å². The number of halogens is 3. The van der Waals surface area contributed by atoms with Crippen LogP contribution in [0.3, 0.4) is 0 Å². The second-order valence-electron chi connectivity index (χ2n) is 5.88. The van der Waals surface area contributed by atoms with Crippen molar-refractivity contribution in [2.45, 2.75) is 37.9 Å². The summed E-state index contributed by atoms with van der Waals surface area (Å²) < 4.78 is 39.2. The molecule has 1 amide bonds. The number of primary amides is 1. The maximum atomic E-state index is 12.6. The Bertz CT molecular complexity index is 778. The zero-order chi connectivity index (χ0) is 17.6. The Morgan fingerprint density at radius 2 is 2.04 bits per heavy atom. The third-order valence-corrected chi connectivity index (χ3v) is 4.11. The van der Waals surface area contributed by atoms with E-state index < -0.39 is 23.8 Å². The monoisotopic (exact) mass is 339 g/mol. The smallest absolute Gasteiger partial charge is 0.383 e. The first-order valence-electron chi connectivity index (χ1n) is 7.41. The minimum absolute atomic E-state index is 0.122. The maximum absolute atomic E-state index is 12.6. The standard InChI is InChI=1S/C15H16F3N5O/c1-7(9-4-5-10(21-6-9)15(16,17)18)23-13(19)11(14(20)24)12(22-23)8-2-3-8/h4-8H,2-3,19H2,1H3,(H2,20,24). The van der Waals surface area contributed by atoms with Crippen molar-refractivity contribution in [3.8, 4) is 0 Å². The second kappa shape index (κ2) is 5.50. The fourth-order valence-corrected chi connectivity index (χ4v) is 2.62. The Labute approximate surface area is 135 Å². The molecule has 1 atom stereocenters. The van der Waals surface area contributed by atoms with Gasteiger partial charge in [0.25, 0.3) is 5.91 Å². The Balaban J connectivity index is 1.97. The largest absolute Gasteiger partial charge is 0.433 e. The first kappa shape index (κ1) is 16.3. The summed E-state index contributed by atoms with van der Waals surface area (Å²) in [6.45, 7) is 1.72. The van der Waals surface area contributed by atoms with E-state index in [2.05, 4.69) is 10.1 Å². The van der Waals surface area contributed by atoms with E-state index in [0.717, 1.165) is 25.1 Å². The fourth-order valence-electron chi connectivity index (χ4n) is 2.62. The molecule has 0 aromatic carbocycles. The van der Waals surface area contributed by atoms with E-state index >= 15 is 0 Å². The third kappa shape index (κ3) is 2.81. The lowest BCUT2D eigenvalue weighted by atomic mass is 10.1. The van der Waals surface area contributed by atoms with Crippen LogP contribution < -0.4 is 11.5 Å². The molecule has 2 aromatic rings. The number of anilines is 1. The lowest BCUT2D eigenvalue weighted by Crippen LogP contribution is -2.16. The normalized spacial score (nSPS) is 16.2. The van der Waals surface area contributed by atoms with Crippen LogP contribution in [0.5, 0.6) is 0 Å². The average molecular weight is 339 g/mol. The van der Waals surface area contributed by atoms with Crippen molar-refractivity contribution >= 4 is 11.7 Å². The summed E-state index contributed by atoms with van der Waals surface area (Å²) in [4.78, 5) is 15.1. The summed E-state index contributed by atoms with van der Waals surface area (Å²) in [6, 6.07) is 1.75. The van der Waals surface area contributed by atoms with Gasteiger partial charge in [-0.2, -0.15) is 18.3 Å². The van der Waals surface area contributed by atoms with E-state index in [1.165, 1.54) is 10.7 Å². The van der Waals surface area contributed by atoms with Crippen LogP contribution in [-0.2, 0) is 6.18 Å². The number of carbonyl (C=O) groups is 1. The van der Waals surface area contributed by atoms with Gasteiger partial charge in [-0.25, -0.2) is 4.68 Å². The number of nitrogens with two attached hydrogens (primary N) is 2. The molecule has 2 aromatic heterocycles. The maximum Gasteiger partial charge on any atom is 0.433 e. The van der Waals surface area contributed by atoms with Gasteiger partial charge in [-0.3, -0.25) is 9.78 Å². The minimum atomic E-state index is -4.50. The van der Waals surface area contributed by atoms with Crippen LogP contribution in [0.15, 0.2) is 18.3 Å². The van der Waals surface area contributed by atoms with Gasteiger partial charge in [0.1, 0.15) is 17.1 Å². The molecular weight excluding hydrogens is 323 g/mol. The summed E-state index contributed by atoms with van der Waals surface area (Å²) >= 11 is 0. The van der Waals surface area contributed by atoms with Gasteiger partial charge < -0.3 is 11.5 Å². The van der Waals surface area contributed by atoms with E-state index in [1.54, 1.807) is 6.92 Å². The number of amides is 1. The lowest BCUT2D eigenvalue weighted by Gasteiger charge is -2.15. The summed E-state index contributed by atoms with van der Waals surface area (Å²) in [5.74, 6) is -0.371. The third-order valence-electron chi connectivity index (χ3n) is 4.11. The van der Waals surface area contributed by atoms with Crippen molar-refractivity contribution in [1.29, 1.82) is 0 Å². The summed E-state index contributed by atoms with van der Waals surface area (Å²) in [7, 11) is 0. The molecule has 6 nitrogen and oxygen atoms in total. The van der Waals surface area contributed by atoms with Gasteiger partial charge in [-0.05, 0) is 31.4 Å². The van der Waals surface area contributed by atoms with E-state index in [1.807, 2.05) is 0 Å². The fraction of sp³-hybridized carbons (Fsp3) is 0.400. The van der Waals surface area contributed by atoms with Crippen molar-refractivity contribution in [2.75, 3.05) is 5.73 Å². The molecule has 24 heavy (non-hydrogen) atoms. The molecule has 3 rings (SSSR count). The second-order valence-corrected chi connectivity index (χ2v) is 5.88. The molecule has 4 N–H and O–H groups in total. The SMILES string of the molecule is CC(c1ccc(C(F)(F)F)nc1)n1nc(C2CC2)c(C(N)=O)c1N. The van der Waals surface area contributed by atoms with Gasteiger partial charge in [0.15, 0.2) is 0 Å². The molecule has 2 heterocycles. The van der Waals surface area contributed by atoms with Gasteiger partial charge in [0, 0.05) is 12.1 Å². The number of nitrogens with zero attached hydrogens (tertiary/aromatic N) is 3. The summed E-state index contributed by atoms with van der Waals surface area (Å²) in [5, 5.41) is 4.38. The molecule has 0 aliphatic heterocycles. The molecule has 1 aliphatic carbocycles. The van der Waals surface area contributed by atoms with Gasteiger partial charge in [0.05, 0.1) is 11.7 Å². The number of carbonyl (C=O) groups excluding carboxylic acids is 1. The first-order valence-corrected chi connectivity index (χ1v) is 7.41. The molecule has 9 heteroatoms. The molecule has 1 saturated carbocycles. The van der Waals surface area contributed by atoms with E-state index in [0.29, 0.717) is 11.3 Å². The van der Waals surface area contributed by atoms with Gasteiger partial charge in [0.2, 0.25) is 0 Å². The molecule has 0 spiro atoms. The Morgan fingerprint density at radius 3 is 2.50 bits per heavy atom. The topological polar surface area (TPSA) is 99.8 Å². The zero-order valence-electron chi connectivity index (χ0n) is 12.8. The van der Waals surface area contributed by atoms with Gasteiger partial charge in [-0.15, -0.1) is 0 Å². The highest BCUT2D eigenvalue weighted by atomic mass is 19.4. The molecular formula is C15H16F3N5O. The molecule has 1 fully saturated rings. The quantitative estimate of drug-likeness (QED) is 0.893. The van der Waals surface area contributed by atoms with Crippen LogP contribution in [0.2, 0.25) is 0 Å². The molecule has 1 aliphatic rings. The number of alkyl halides is 3. The van der Waals surface area contributed by atoms with E-state index in [4.69, 9.17) is 11.5 Å². The predicted molar refractivity (Wildman–Crippen MR) is 80.2 cm³/mol. The van der Waals surface area contributed by atoms with Crippen molar-refractivity contribution in [3.05, 3.63) is 40.8 Å². The Kier molecular flexibility index (Phi) is 3.73. The summed E-state index contributed by atoms with van der Waals surface area (Å²) in [5.41, 5.74) is 11.7. The van der Waals surface area contributed by atoms with Crippen LogP contribution in [0, 0.1) is 0 Å². The van der Waals surface area contributed by atoms with Gasteiger partial charge in [-0.1, -0.05) is 6.07 Å². The highest BCUT2D eigenvalue weighted by Gasteiger charge is 2.35. The van der Waals surface area contributed by atoms with Crippen molar-refractivity contribution in [1.82, 2.24) is 14.8 Å². The Morgan fingerprint density at radius 1 is 1.38 bits per heavy atom. The van der Waals surface area contributed by atoms with Crippen molar-refractivity contribution in [2.24, 2.45) is 5.73 Å². The Hall–Kier alpha value is -2.58. The number of aromatic nitrogens is 3. The molecule has 1 unspecified atom stereocenters. The van der Waals surface area contributed by atoms with Gasteiger partial charge >= 0.3 is 6.18 Å². The zero-order valence-corrected chi connectivity index (χ0v) is 12.8. The predicted octanol–water partition coefficient (Wildman–Crippen LogP) is 2.46. The number of rotatable bonds is 4. The van der Waals surface area contributed by atoms with Crippen LogP contribution in [0.25, 0.3) is 0 Å². The molecule has 0 saturated heterocycles. The number of hydrogen-bond donors (Lipinski definition) is 2. The molecule has 0 radical (unpaired) electrons. The number of hydrogen-bond acceptors (Lipinski definition) is 4. The van der Waals surface area contributed by atoms with Crippen LogP contribution >= 0.6 is 0 Å². The van der Waals surface area contributed by atoms with Crippen LogP contribution in [0.4, 0.5) is 19.0 Å². The molecule has 0 bridgehead atoms. The van der Waals surface area contributed by atoms with E-state index in [-0.39, 0.29) is 17.3 Å². The average Bonchev–Trinajstić information content (AvgIpc) is 3.29. The van der Waals surface area contributed by atoms with E-state index in [9.17, 15) is 18.0 Å².